The molecule has 0 aliphatic carbocycles. The van der Waals surface area contributed by atoms with Gasteiger partial charge in [0.05, 0.1) is 0 Å². The van der Waals surface area contributed by atoms with Crippen LogP contribution < -0.4 is 0 Å². The molecular weight excluding hydrogens is 202 g/mol. The van der Waals surface area contributed by atoms with E-state index in [2.05, 4.69) is 47.7 Å². The van der Waals surface area contributed by atoms with Crippen molar-refractivity contribution in [2.75, 3.05) is 19.3 Å². The molecule has 2 heteroatoms. The summed E-state index contributed by atoms with van der Waals surface area (Å²) in [5, 5.41) is 0. The summed E-state index contributed by atoms with van der Waals surface area (Å²) in [4.78, 5) is 3.72. The summed E-state index contributed by atoms with van der Waals surface area (Å²) in [5.41, 5.74) is 1.29. The highest BCUT2D eigenvalue weighted by atomic mass is 32.2. The molecule has 0 saturated carbocycles. The normalized spacial score (nSPS) is 16.5. The van der Waals surface area contributed by atoms with E-state index in [1.54, 1.807) is 11.8 Å². The summed E-state index contributed by atoms with van der Waals surface area (Å²) < 4.78 is 0. The number of benzene rings is 1. The summed E-state index contributed by atoms with van der Waals surface area (Å²) in [6, 6.07) is 8.71. The number of thioether (sulfide) groups is 1. The van der Waals surface area contributed by atoms with Gasteiger partial charge in [0.15, 0.2) is 0 Å². The van der Waals surface area contributed by atoms with Gasteiger partial charge >= 0.3 is 0 Å². The maximum absolute atomic E-state index is 2.39. The quantitative estimate of drug-likeness (QED) is 0.716. The van der Waals surface area contributed by atoms with Gasteiger partial charge in [-0.3, -0.25) is 0 Å². The van der Waals surface area contributed by atoms with Crippen LogP contribution in [0.15, 0.2) is 35.4 Å². The van der Waals surface area contributed by atoms with E-state index in [9.17, 15) is 0 Å². The molecule has 0 spiro atoms. The van der Waals surface area contributed by atoms with E-state index in [0.717, 1.165) is 0 Å². The van der Waals surface area contributed by atoms with Crippen molar-refractivity contribution in [2.45, 2.75) is 17.7 Å². The molecule has 2 rings (SSSR count). The first kappa shape index (κ1) is 10.6. The van der Waals surface area contributed by atoms with Crippen LogP contribution in [0, 0.1) is 0 Å². The minimum Gasteiger partial charge on any atom is -0.377 e. The molecule has 0 amide bonds. The number of nitrogens with zero attached hydrogens (tertiary/aromatic N) is 1. The number of rotatable bonds is 3. The van der Waals surface area contributed by atoms with Crippen molar-refractivity contribution in [3.63, 3.8) is 0 Å². The molecule has 0 aromatic heterocycles. The summed E-state index contributed by atoms with van der Waals surface area (Å²) in [7, 11) is 0. The lowest BCUT2D eigenvalue weighted by Gasteiger charge is -2.09. The molecule has 0 N–H and O–H groups in total. The Kier molecular flexibility index (Phi) is 3.73. The smallest absolute Gasteiger partial charge is 0.0173 e. The van der Waals surface area contributed by atoms with Crippen LogP contribution in [0.1, 0.15) is 18.4 Å². The van der Waals surface area contributed by atoms with Gasteiger partial charge in [0, 0.05) is 18.0 Å². The summed E-state index contributed by atoms with van der Waals surface area (Å²) >= 11 is 1.79. The maximum Gasteiger partial charge on any atom is 0.0173 e. The van der Waals surface area contributed by atoms with E-state index in [1.807, 2.05) is 0 Å². The van der Waals surface area contributed by atoms with E-state index in [-0.39, 0.29) is 0 Å². The van der Waals surface area contributed by atoms with E-state index in [1.165, 1.54) is 36.4 Å². The molecule has 0 radical (unpaired) electrons. The van der Waals surface area contributed by atoms with Gasteiger partial charge in [-0.2, -0.15) is 0 Å². The van der Waals surface area contributed by atoms with Crippen LogP contribution in [0.5, 0.6) is 0 Å². The second-order valence-electron chi connectivity index (χ2n) is 3.83. The van der Waals surface area contributed by atoms with Gasteiger partial charge < -0.3 is 4.90 Å². The molecule has 1 saturated heterocycles. The fourth-order valence-electron chi connectivity index (χ4n) is 1.80. The lowest BCUT2D eigenvalue weighted by Crippen LogP contribution is -2.09. The second kappa shape index (κ2) is 5.26. The molecule has 0 unspecified atom stereocenters. The molecule has 1 aliphatic rings. The predicted octanol–water partition coefficient (Wildman–Crippen LogP) is 3.48. The Morgan fingerprint density at radius 2 is 1.80 bits per heavy atom. The zero-order chi connectivity index (χ0) is 10.5. The van der Waals surface area contributed by atoms with E-state index >= 15 is 0 Å². The van der Waals surface area contributed by atoms with E-state index < -0.39 is 0 Å². The molecule has 0 atom stereocenters. The van der Waals surface area contributed by atoms with Crippen molar-refractivity contribution in [3.05, 3.63) is 36.0 Å². The molecule has 1 fully saturated rings. The molecule has 1 aromatic rings. The van der Waals surface area contributed by atoms with Gasteiger partial charge in [0.25, 0.3) is 0 Å². The first-order valence-electron chi connectivity index (χ1n) is 5.45. The Bertz CT molecular complexity index is 323. The first-order valence-corrected chi connectivity index (χ1v) is 6.67. The van der Waals surface area contributed by atoms with Crippen molar-refractivity contribution in [2.24, 2.45) is 0 Å². The molecule has 80 valence electrons. The zero-order valence-corrected chi connectivity index (χ0v) is 9.96. The van der Waals surface area contributed by atoms with Gasteiger partial charge in [-0.1, -0.05) is 12.1 Å². The lowest BCUT2D eigenvalue weighted by molar-refractivity contribution is 0.471. The Labute approximate surface area is 96.2 Å². The van der Waals surface area contributed by atoms with Crippen LogP contribution in [0.25, 0.3) is 6.08 Å². The van der Waals surface area contributed by atoms with Crippen molar-refractivity contribution in [1.29, 1.82) is 0 Å². The largest absolute Gasteiger partial charge is 0.377 e. The Morgan fingerprint density at radius 1 is 1.13 bits per heavy atom. The van der Waals surface area contributed by atoms with Gasteiger partial charge in [0.2, 0.25) is 0 Å². The monoisotopic (exact) mass is 219 g/mol. The molecular formula is C13H17NS. The SMILES string of the molecule is CSc1ccc(C=CN2CCCC2)cc1. The average Bonchev–Trinajstić information content (AvgIpc) is 2.80. The predicted molar refractivity (Wildman–Crippen MR) is 68.1 cm³/mol. The fourth-order valence-corrected chi connectivity index (χ4v) is 2.21. The average molecular weight is 219 g/mol. The highest BCUT2D eigenvalue weighted by molar-refractivity contribution is 7.98. The highest BCUT2D eigenvalue weighted by Crippen LogP contribution is 2.16. The third-order valence-electron chi connectivity index (χ3n) is 2.73. The Hall–Kier alpha value is -0.890. The summed E-state index contributed by atoms with van der Waals surface area (Å²) in [6.45, 7) is 2.44. The van der Waals surface area contributed by atoms with Crippen LogP contribution in [0.3, 0.4) is 0 Å². The van der Waals surface area contributed by atoms with Crippen LogP contribution >= 0.6 is 11.8 Å². The zero-order valence-electron chi connectivity index (χ0n) is 9.15. The number of hydrogen-bond donors (Lipinski definition) is 0. The molecule has 1 heterocycles. The van der Waals surface area contributed by atoms with Gasteiger partial charge in [-0.15, -0.1) is 11.8 Å². The third kappa shape index (κ3) is 3.03. The van der Waals surface area contributed by atoms with Crippen LogP contribution in [-0.4, -0.2) is 24.2 Å². The minimum absolute atomic E-state index is 1.22. The van der Waals surface area contributed by atoms with Gasteiger partial charge in [0.1, 0.15) is 0 Å². The first-order chi connectivity index (χ1) is 7.38. The standard InChI is InChI=1S/C13H17NS/c1-15-13-6-4-12(5-7-13)8-11-14-9-2-3-10-14/h4-8,11H,2-3,9-10H2,1H3. The van der Waals surface area contributed by atoms with E-state index in [0.29, 0.717) is 0 Å². The number of likely N-dealkylation sites (tertiary alicyclic amines) is 1. The summed E-state index contributed by atoms with van der Waals surface area (Å²) in [6.07, 6.45) is 9.22. The van der Waals surface area contributed by atoms with Crippen molar-refractivity contribution in [3.8, 4) is 0 Å². The minimum atomic E-state index is 1.22. The molecule has 15 heavy (non-hydrogen) atoms. The summed E-state index contributed by atoms with van der Waals surface area (Å²) in [5.74, 6) is 0. The second-order valence-corrected chi connectivity index (χ2v) is 4.71. The van der Waals surface area contributed by atoms with Crippen molar-refractivity contribution >= 4 is 17.8 Å². The van der Waals surface area contributed by atoms with Crippen molar-refractivity contribution in [1.82, 2.24) is 4.90 Å². The Morgan fingerprint density at radius 3 is 2.40 bits per heavy atom. The number of hydrogen-bond acceptors (Lipinski definition) is 2. The molecule has 1 nitrogen and oxygen atoms in total. The molecule has 0 bridgehead atoms. The van der Waals surface area contributed by atoms with Crippen LogP contribution in [-0.2, 0) is 0 Å². The van der Waals surface area contributed by atoms with Crippen molar-refractivity contribution < 1.29 is 0 Å². The van der Waals surface area contributed by atoms with E-state index in [4.69, 9.17) is 0 Å². The Balaban J connectivity index is 1.97. The lowest BCUT2D eigenvalue weighted by atomic mass is 10.2. The van der Waals surface area contributed by atoms with Gasteiger partial charge in [-0.05, 0) is 49.1 Å². The van der Waals surface area contributed by atoms with Gasteiger partial charge in [-0.25, -0.2) is 0 Å². The van der Waals surface area contributed by atoms with Crippen LogP contribution in [0.4, 0.5) is 0 Å². The fraction of sp³-hybridized carbons (Fsp3) is 0.385. The maximum atomic E-state index is 2.39. The topological polar surface area (TPSA) is 3.24 Å². The van der Waals surface area contributed by atoms with Crippen LogP contribution in [0.2, 0.25) is 0 Å². The molecule has 1 aliphatic heterocycles. The molecule has 1 aromatic carbocycles. The highest BCUT2D eigenvalue weighted by Gasteiger charge is 2.05. The third-order valence-corrected chi connectivity index (χ3v) is 3.48.